The summed E-state index contributed by atoms with van der Waals surface area (Å²) in [4.78, 5) is 26.0. The Morgan fingerprint density at radius 1 is 1.48 bits per heavy atom. The van der Waals surface area contributed by atoms with Crippen LogP contribution in [0.1, 0.15) is 25.1 Å². The van der Waals surface area contributed by atoms with E-state index in [-0.39, 0.29) is 12.5 Å². The molecule has 118 valence electrons. The van der Waals surface area contributed by atoms with Gasteiger partial charge in [-0.3, -0.25) is 9.59 Å². The Morgan fingerprint density at radius 2 is 2.24 bits per heavy atom. The molecular formula is C15H23NO4S. The number of carboxylic acids is 1. The Kier molecular flexibility index (Phi) is 8.00. The molecule has 0 aromatic carbocycles. The average molecular weight is 313 g/mol. The highest BCUT2D eigenvalue weighted by Gasteiger charge is 2.20. The van der Waals surface area contributed by atoms with Gasteiger partial charge in [0.2, 0.25) is 5.91 Å². The summed E-state index contributed by atoms with van der Waals surface area (Å²) in [6, 6.07) is 3.83. The number of rotatable bonds is 10. The lowest BCUT2D eigenvalue weighted by Crippen LogP contribution is -2.38. The fraction of sp³-hybridized carbons (Fsp3) is 0.600. The number of thiophene rings is 1. The van der Waals surface area contributed by atoms with Crippen LogP contribution in [0.4, 0.5) is 0 Å². The van der Waals surface area contributed by atoms with E-state index in [9.17, 15) is 9.59 Å². The summed E-state index contributed by atoms with van der Waals surface area (Å²) in [7, 11) is 0. The summed E-state index contributed by atoms with van der Waals surface area (Å²) in [5.41, 5.74) is 0. The molecule has 1 amide bonds. The Labute approximate surface area is 129 Å². The number of carbonyl (C=O) groups is 2. The smallest absolute Gasteiger partial charge is 0.308 e. The van der Waals surface area contributed by atoms with Crippen molar-refractivity contribution in [2.45, 2.75) is 26.7 Å². The SMILES string of the molecule is CCOCCCN(CC(C)C(=O)O)C(=O)Cc1cccs1. The predicted molar refractivity (Wildman–Crippen MR) is 82.5 cm³/mol. The lowest BCUT2D eigenvalue weighted by Gasteiger charge is -2.24. The van der Waals surface area contributed by atoms with Crippen LogP contribution in [0.25, 0.3) is 0 Å². The van der Waals surface area contributed by atoms with Crippen molar-refractivity contribution in [3.8, 4) is 0 Å². The molecule has 0 aliphatic heterocycles. The highest BCUT2D eigenvalue weighted by molar-refractivity contribution is 7.10. The van der Waals surface area contributed by atoms with Crippen LogP contribution < -0.4 is 0 Å². The zero-order valence-corrected chi connectivity index (χ0v) is 13.4. The Bertz CT molecular complexity index is 433. The maximum Gasteiger partial charge on any atom is 0.308 e. The highest BCUT2D eigenvalue weighted by atomic mass is 32.1. The zero-order valence-electron chi connectivity index (χ0n) is 12.6. The summed E-state index contributed by atoms with van der Waals surface area (Å²) >= 11 is 1.54. The molecule has 0 aliphatic carbocycles. The zero-order chi connectivity index (χ0) is 15.7. The number of hydrogen-bond acceptors (Lipinski definition) is 4. The monoisotopic (exact) mass is 313 g/mol. The molecule has 21 heavy (non-hydrogen) atoms. The summed E-state index contributed by atoms with van der Waals surface area (Å²) in [5, 5.41) is 11.0. The quantitative estimate of drug-likeness (QED) is 0.673. The first-order valence-corrected chi connectivity index (χ1v) is 8.03. The van der Waals surface area contributed by atoms with Crippen LogP contribution in [0, 0.1) is 5.92 Å². The molecule has 6 heteroatoms. The van der Waals surface area contributed by atoms with Crippen LogP contribution in [0.5, 0.6) is 0 Å². The molecule has 0 bridgehead atoms. The second-order valence-electron chi connectivity index (χ2n) is 4.89. The van der Waals surface area contributed by atoms with Crippen LogP contribution >= 0.6 is 11.3 Å². The van der Waals surface area contributed by atoms with Gasteiger partial charge in [0.25, 0.3) is 0 Å². The minimum atomic E-state index is -0.881. The lowest BCUT2D eigenvalue weighted by atomic mass is 10.1. The van der Waals surface area contributed by atoms with Gasteiger partial charge in [-0.15, -0.1) is 11.3 Å². The van der Waals surface area contributed by atoms with Gasteiger partial charge in [-0.05, 0) is 24.8 Å². The number of ether oxygens (including phenoxy) is 1. The van der Waals surface area contributed by atoms with Crippen LogP contribution in [-0.4, -0.2) is 48.2 Å². The Morgan fingerprint density at radius 3 is 2.81 bits per heavy atom. The van der Waals surface area contributed by atoms with E-state index in [0.29, 0.717) is 26.2 Å². The number of amides is 1. The molecule has 1 atom stereocenters. The van der Waals surface area contributed by atoms with E-state index in [0.717, 1.165) is 11.3 Å². The van der Waals surface area contributed by atoms with Gasteiger partial charge >= 0.3 is 5.97 Å². The number of carbonyl (C=O) groups excluding carboxylic acids is 1. The molecular weight excluding hydrogens is 290 g/mol. The van der Waals surface area contributed by atoms with Crippen molar-refractivity contribution >= 4 is 23.2 Å². The van der Waals surface area contributed by atoms with Crippen molar-refractivity contribution in [1.29, 1.82) is 0 Å². The molecule has 1 heterocycles. The van der Waals surface area contributed by atoms with E-state index in [1.165, 1.54) is 11.3 Å². The summed E-state index contributed by atoms with van der Waals surface area (Å²) in [6.07, 6.45) is 1.05. The van der Waals surface area contributed by atoms with E-state index < -0.39 is 11.9 Å². The summed E-state index contributed by atoms with van der Waals surface area (Å²) < 4.78 is 5.27. The van der Waals surface area contributed by atoms with Gasteiger partial charge in [0, 0.05) is 31.2 Å². The third-order valence-corrected chi connectivity index (χ3v) is 3.97. The van der Waals surface area contributed by atoms with Gasteiger partial charge in [-0.1, -0.05) is 13.0 Å². The molecule has 0 saturated heterocycles. The van der Waals surface area contributed by atoms with Gasteiger partial charge in [-0.25, -0.2) is 0 Å². The standard InChI is InChI=1S/C15H23NO4S/c1-3-20-8-5-7-16(11-12(2)15(18)19)14(17)10-13-6-4-9-21-13/h4,6,9,12H,3,5,7-8,10-11H2,1-2H3,(H,18,19). The van der Waals surface area contributed by atoms with Crippen LogP contribution in [0.15, 0.2) is 17.5 Å². The fourth-order valence-electron chi connectivity index (χ4n) is 1.90. The largest absolute Gasteiger partial charge is 0.481 e. The Hall–Kier alpha value is -1.40. The van der Waals surface area contributed by atoms with Crippen molar-refractivity contribution in [1.82, 2.24) is 4.90 Å². The highest BCUT2D eigenvalue weighted by Crippen LogP contribution is 2.12. The summed E-state index contributed by atoms with van der Waals surface area (Å²) in [6.45, 7) is 5.55. The van der Waals surface area contributed by atoms with E-state index in [1.807, 2.05) is 24.4 Å². The third-order valence-electron chi connectivity index (χ3n) is 3.09. The van der Waals surface area contributed by atoms with Gasteiger partial charge in [0.05, 0.1) is 12.3 Å². The number of nitrogens with zero attached hydrogens (tertiary/aromatic N) is 1. The van der Waals surface area contributed by atoms with Crippen molar-refractivity contribution in [2.75, 3.05) is 26.3 Å². The second kappa shape index (κ2) is 9.52. The van der Waals surface area contributed by atoms with Gasteiger partial charge in [-0.2, -0.15) is 0 Å². The van der Waals surface area contributed by atoms with Gasteiger partial charge in [0.1, 0.15) is 0 Å². The second-order valence-corrected chi connectivity index (χ2v) is 5.92. The lowest BCUT2D eigenvalue weighted by molar-refractivity contribution is -0.143. The first-order valence-electron chi connectivity index (χ1n) is 7.15. The first kappa shape index (κ1) is 17.7. The molecule has 0 fully saturated rings. The van der Waals surface area contributed by atoms with Gasteiger partial charge in [0.15, 0.2) is 0 Å². The van der Waals surface area contributed by atoms with Crippen molar-refractivity contribution < 1.29 is 19.4 Å². The van der Waals surface area contributed by atoms with Crippen molar-refractivity contribution in [3.05, 3.63) is 22.4 Å². The molecule has 1 rings (SSSR count). The third kappa shape index (κ3) is 6.73. The summed E-state index contributed by atoms with van der Waals surface area (Å²) in [5.74, 6) is -1.47. The van der Waals surface area contributed by atoms with Gasteiger partial charge < -0.3 is 14.7 Å². The molecule has 0 radical (unpaired) electrons. The van der Waals surface area contributed by atoms with Crippen molar-refractivity contribution in [3.63, 3.8) is 0 Å². The predicted octanol–water partition coefficient (Wildman–Crippen LogP) is 2.27. The van der Waals surface area contributed by atoms with Crippen molar-refractivity contribution in [2.24, 2.45) is 5.92 Å². The molecule has 0 saturated carbocycles. The van der Waals surface area contributed by atoms with E-state index in [4.69, 9.17) is 9.84 Å². The molecule has 5 nitrogen and oxygen atoms in total. The van der Waals surface area contributed by atoms with E-state index >= 15 is 0 Å². The Balaban J connectivity index is 2.56. The topological polar surface area (TPSA) is 66.8 Å². The molecule has 1 aromatic heterocycles. The number of hydrogen-bond donors (Lipinski definition) is 1. The molecule has 1 unspecified atom stereocenters. The van der Waals surface area contributed by atoms with Crippen LogP contribution in [0.2, 0.25) is 0 Å². The van der Waals surface area contributed by atoms with E-state index in [2.05, 4.69) is 0 Å². The minimum Gasteiger partial charge on any atom is -0.481 e. The first-order chi connectivity index (χ1) is 10.0. The maximum absolute atomic E-state index is 12.3. The van der Waals surface area contributed by atoms with E-state index in [1.54, 1.807) is 11.8 Å². The van der Waals surface area contributed by atoms with Crippen LogP contribution in [-0.2, 0) is 20.7 Å². The number of aliphatic carboxylic acids is 1. The molecule has 0 spiro atoms. The molecule has 1 aromatic rings. The average Bonchev–Trinajstić information content (AvgIpc) is 2.94. The maximum atomic E-state index is 12.3. The fourth-order valence-corrected chi connectivity index (χ4v) is 2.60. The molecule has 0 aliphatic rings. The van der Waals surface area contributed by atoms with Crippen LogP contribution in [0.3, 0.4) is 0 Å². The molecule has 1 N–H and O–H groups in total. The minimum absolute atomic E-state index is 0.0259. The normalized spacial score (nSPS) is 12.1. The number of carboxylic acid groups (broad SMARTS) is 1.